The van der Waals surface area contributed by atoms with E-state index in [1.165, 1.54) is 7.11 Å². The summed E-state index contributed by atoms with van der Waals surface area (Å²) < 4.78 is 37.9. The molecule has 0 aromatic rings. The Morgan fingerprint density at radius 3 is 2.27 bits per heavy atom. The summed E-state index contributed by atoms with van der Waals surface area (Å²) in [7, 11) is -3.18. The third-order valence-electron chi connectivity index (χ3n) is 3.80. The van der Waals surface area contributed by atoms with E-state index in [0.717, 1.165) is 6.42 Å². The second kappa shape index (κ2) is 3.94. The number of aliphatic hydroxyl groups is 1. The molecule has 0 aromatic heterocycles. The molecule has 5 nitrogen and oxygen atoms in total. The van der Waals surface area contributed by atoms with E-state index in [4.69, 9.17) is 4.74 Å². The Balaban J connectivity index is 0.00000112. The molecule has 1 N–H and O–H groups in total. The van der Waals surface area contributed by atoms with Crippen LogP contribution in [0.1, 0.15) is 25.7 Å². The zero-order valence-electron chi connectivity index (χ0n) is 8.89. The van der Waals surface area contributed by atoms with Crippen LogP contribution < -0.4 is 29.6 Å². The summed E-state index contributed by atoms with van der Waals surface area (Å²) in [6.45, 7) is 0. The molecule has 2 fully saturated rings. The minimum Gasteiger partial charge on any atom is -0.746 e. The Hall–Kier alpha value is 0.830. The van der Waals surface area contributed by atoms with Gasteiger partial charge in [0, 0.05) is 18.9 Å². The van der Waals surface area contributed by atoms with Gasteiger partial charge in [-0.15, -0.1) is 0 Å². The Morgan fingerprint density at radius 1 is 1.47 bits per heavy atom. The van der Waals surface area contributed by atoms with Crippen LogP contribution in [0, 0.1) is 5.41 Å². The molecule has 15 heavy (non-hydrogen) atoms. The van der Waals surface area contributed by atoms with E-state index in [1.807, 2.05) is 0 Å². The third-order valence-corrected chi connectivity index (χ3v) is 5.20. The fourth-order valence-corrected chi connectivity index (χ4v) is 3.89. The molecule has 2 aliphatic rings. The molecule has 2 saturated carbocycles. The largest absolute Gasteiger partial charge is 1.00 e. The van der Waals surface area contributed by atoms with Crippen molar-refractivity contribution < 1.29 is 52.4 Å². The third kappa shape index (κ3) is 1.54. The first-order chi connectivity index (χ1) is 6.37. The van der Waals surface area contributed by atoms with Crippen LogP contribution in [0.25, 0.3) is 0 Å². The van der Waals surface area contributed by atoms with Crippen molar-refractivity contribution >= 4 is 10.1 Å². The Morgan fingerprint density at radius 2 is 2.00 bits per heavy atom. The average Bonchev–Trinajstić information content (AvgIpc) is 1.93. The predicted molar refractivity (Wildman–Crippen MR) is 46.3 cm³/mol. The van der Waals surface area contributed by atoms with Crippen LogP contribution in [0.5, 0.6) is 0 Å². The molecule has 2 unspecified atom stereocenters. The van der Waals surface area contributed by atoms with Gasteiger partial charge >= 0.3 is 29.6 Å². The van der Waals surface area contributed by atoms with E-state index in [1.54, 1.807) is 0 Å². The number of rotatable bonds is 2. The topological polar surface area (TPSA) is 86.7 Å². The van der Waals surface area contributed by atoms with Gasteiger partial charge in [-0.25, -0.2) is 8.42 Å². The van der Waals surface area contributed by atoms with Crippen LogP contribution in [0.4, 0.5) is 0 Å². The van der Waals surface area contributed by atoms with Crippen molar-refractivity contribution in [1.82, 2.24) is 0 Å². The maximum atomic E-state index is 10.9. The smallest absolute Gasteiger partial charge is 0.746 e. The zero-order chi connectivity index (χ0) is 10.6. The minimum atomic E-state index is -4.65. The minimum absolute atomic E-state index is 0. The number of ether oxygens (including phenoxy) is 1. The van der Waals surface area contributed by atoms with Gasteiger partial charge in [0.2, 0.25) is 0 Å². The monoisotopic (exact) mass is 244 g/mol. The van der Waals surface area contributed by atoms with Gasteiger partial charge in [0.05, 0.1) is 6.10 Å². The van der Waals surface area contributed by atoms with Crippen molar-refractivity contribution in [2.75, 3.05) is 7.11 Å². The van der Waals surface area contributed by atoms with E-state index in [2.05, 4.69) is 0 Å². The fraction of sp³-hybridized carbons (Fsp3) is 1.00. The van der Waals surface area contributed by atoms with Crippen LogP contribution in [0.2, 0.25) is 0 Å². The van der Waals surface area contributed by atoms with Crippen molar-refractivity contribution in [3.8, 4) is 0 Å². The van der Waals surface area contributed by atoms with E-state index in [0.29, 0.717) is 12.8 Å². The molecule has 82 valence electrons. The first kappa shape index (κ1) is 13.9. The van der Waals surface area contributed by atoms with Gasteiger partial charge in [0.1, 0.15) is 10.1 Å². The molecular weight excluding hydrogens is 231 g/mol. The molecule has 0 aliphatic heterocycles. The molecule has 2 atom stereocenters. The van der Waals surface area contributed by atoms with Gasteiger partial charge in [-0.2, -0.15) is 0 Å². The summed E-state index contributed by atoms with van der Waals surface area (Å²) in [4.78, 5) is -2.08. The second-order valence-corrected chi connectivity index (χ2v) is 5.76. The first-order valence-corrected chi connectivity index (χ1v) is 5.99. The van der Waals surface area contributed by atoms with Gasteiger partial charge in [0.25, 0.3) is 0 Å². The molecule has 0 bridgehead atoms. The maximum Gasteiger partial charge on any atom is 1.00 e. The summed E-state index contributed by atoms with van der Waals surface area (Å²) in [6.07, 6.45) is 1.59. The van der Waals surface area contributed by atoms with Crippen LogP contribution >= 0.6 is 0 Å². The normalized spacial score (nSPS) is 37.7. The molecule has 0 amide bonds. The molecule has 0 radical (unpaired) electrons. The Kier molecular flexibility index (Phi) is 3.65. The standard InChI is InChI=1S/C8H14O5S.Na/c1-13-6-5-8(9,14(10,11)12)7(6)3-2-4-7;/h6,9H,2-5H2,1H3,(H,10,11,12);/q;+1/p-1. The van der Waals surface area contributed by atoms with Crippen molar-refractivity contribution in [2.24, 2.45) is 5.41 Å². The summed E-state index contributed by atoms with van der Waals surface area (Å²) in [5.74, 6) is 0. The molecule has 1 spiro atoms. The molecule has 0 saturated heterocycles. The first-order valence-electron chi connectivity index (χ1n) is 4.58. The van der Waals surface area contributed by atoms with E-state index >= 15 is 0 Å². The van der Waals surface area contributed by atoms with Gasteiger partial charge in [-0.05, 0) is 12.8 Å². The van der Waals surface area contributed by atoms with Crippen LogP contribution in [0.3, 0.4) is 0 Å². The fourth-order valence-electron chi connectivity index (χ4n) is 2.70. The van der Waals surface area contributed by atoms with Gasteiger partial charge in [0.15, 0.2) is 4.93 Å². The van der Waals surface area contributed by atoms with Crippen LogP contribution in [-0.4, -0.2) is 36.2 Å². The predicted octanol–water partition coefficient (Wildman–Crippen LogP) is -3.19. The maximum absolute atomic E-state index is 10.9. The van der Waals surface area contributed by atoms with Gasteiger partial charge in [-0.3, -0.25) is 0 Å². The van der Waals surface area contributed by atoms with E-state index in [-0.39, 0.29) is 42.1 Å². The molecule has 2 rings (SSSR count). The van der Waals surface area contributed by atoms with Crippen molar-refractivity contribution in [3.05, 3.63) is 0 Å². The summed E-state index contributed by atoms with van der Waals surface area (Å²) >= 11 is 0. The van der Waals surface area contributed by atoms with Crippen LogP contribution in [-0.2, 0) is 14.9 Å². The van der Waals surface area contributed by atoms with Crippen molar-refractivity contribution in [3.63, 3.8) is 0 Å². The van der Waals surface area contributed by atoms with Gasteiger partial charge < -0.3 is 14.4 Å². The molecule has 0 heterocycles. The number of methoxy groups -OCH3 is 1. The van der Waals surface area contributed by atoms with Crippen molar-refractivity contribution in [1.29, 1.82) is 0 Å². The number of hydrogen-bond donors (Lipinski definition) is 1. The summed E-state index contributed by atoms with van der Waals surface area (Å²) in [5.41, 5.74) is -0.817. The number of hydrogen-bond acceptors (Lipinski definition) is 5. The average molecular weight is 244 g/mol. The Labute approximate surface area is 111 Å². The van der Waals surface area contributed by atoms with Crippen LogP contribution in [0.15, 0.2) is 0 Å². The summed E-state index contributed by atoms with van der Waals surface area (Å²) in [6, 6.07) is 0. The second-order valence-electron chi connectivity index (χ2n) is 4.18. The van der Waals surface area contributed by atoms with Crippen molar-refractivity contribution in [2.45, 2.75) is 36.7 Å². The SMILES string of the molecule is COC1CC(O)(S(=O)(=O)[O-])C12CCC2.[Na+]. The van der Waals surface area contributed by atoms with E-state index < -0.39 is 20.5 Å². The Bertz CT molecular complexity index is 350. The molecular formula is C8H13NaO5S. The van der Waals surface area contributed by atoms with E-state index in [9.17, 15) is 18.1 Å². The van der Waals surface area contributed by atoms with Gasteiger partial charge in [-0.1, -0.05) is 6.42 Å². The molecule has 2 aliphatic carbocycles. The zero-order valence-corrected chi connectivity index (χ0v) is 11.7. The quantitative estimate of drug-likeness (QED) is 0.408. The molecule has 7 heteroatoms. The summed E-state index contributed by atoms with van der Waals surface area (Å²) in [5, 5.41) is 9.84. The molecule has 0 aromatic carbocycles.